The van der Waals surface area contributed by atoms with E-state index in [1.807, 2.05) is 0 Å². The van der Waals surface area contributed by atoms with Crippen LogP contribution in [0.15, 0.2) is 29.1 Å². The van der Waals surface area contributed by atoms with Gasteiger partial charge in [-0.15, -0.1) is 0 Å². The number of aromatic nitrogens is 4. The first-order chi connectivity index (χ1) is 15.7. The first kappa shape index (κ1) is 23.4. The van der Waals surface area contributed by atoms with Crippen LogP contribution in [0.4, 0.5) is 5.95 Å². The van der Waals surface area contributed by atoms with Gasteiger partial charge in [-0.05, 0) is 50.3 Å². The Morgan fingerprint density at radius 1 is 1.09 bits per heavy atom. The van der Waals surface area contributed by atoms with Gasteiger partial charge >= 0.3 is 11.9 Å². The fraction of sp³-hybridized carbons (Fsp3) is 0.333. The highest BCUT2D eigenvalue weighted by Crippen LogP contribution is 2.13. The van der Waals surface area contributed by atoms with E-state index in [1.54, 1.807) is 18.2 Å². The van der Waals surface area contributed by atoms with Gasteiger partial charge in [-0.3, -0.25) is 19.4 Å². The Kier molecular flexibility index (Phi) is 7.38. The van der Waals surface area contributed by atoms with E-state index in [0.29, 0.717) is 29.6 Å². The Bertz CT molecular complexity index is 1230. The van der Waals surface area contributed by atoms with Gasteiger partial charge in [0.25, 0.3) is 11.5 Å². The molecule has 0 aliphatic rings. The number of pyridine rings is 1. The smallest absolute Gasteiger partial charge is 0.326 e. The molecule has 0 spiro atoms. The maximum Gasteiger partial charge on any atom is 0.326 e. The number of nitrogens with two attached hydrogens (primary N) is 1. The molecule has 0 saturated heterocycles. The fourth-order valence-electron chi connectivity index (χ4n) is 3.35. The number of carbonyl (C=O) groups excluding carboxylic acids is 1. The van der Waals surface area contributed by atoms with E-state index < -0.39 is 23.9 Å². The number of nitrogens with one attached hydrogen (secondary N) is 3. The number of anilines is 1. The molecule has 12 heteroatoms. The van der Waals surface area contributed by atoms with E-state index in [0.717, 1.165) is 18.5 Å². The highest BCUT2D eigenvalue weighted by Gasteiger charge is 2.22. The minimum Gasteiger partial charge on any atom is -0.481 e. The van der Waals surface area contributed by atoms with Crippen molar-refractivity contribution < 1.29 is 24.6 Å². The predicted molar refractivity (Wildman–Crippen MR) is 118 cm³/mol. The van der Waals surface area contributed by atoms with E-state index in [-0.39, 0.29) is 30.0 Å². The molecule has 1 amide bonds. The number of nitrogens with zero attached hydrogens (tertiary/aromatic N) is 2. The van der Waals surface area contributed by atoms with Crippen LogP contribution in [0.3, 0.4) is 0 Å². The van der Waals surface area contributed by atoms with Crippen LogP contribution in [0.5, 0.6) is 0 Å². The quantitative estimate of drug-likeness (QED) is 0.226. The van der Waals surface area contributed by atoms with Gasteiger partial charge in [0.05, 0.1) is 5.39 Å². The normalized spacial score (nSPS) is 11.9. The topological polar surface area (TPSA) is 204 Å². The number of aliphatic carboxylic acids is 2. The zero-order valence-corrected chi connectivity index (χ0v) is 17.6. The lowest BCUT2D eigenvalue weighted by atomic mass is 10.1. The van der Waals surface area contributed by atoms with Crippen molar-refractivity contribution in [1.29, 1.82) is 0 Å². The number of carboxylic acid groups (broad SMARTS) is 2. The van der Waals surface area contributed by atoms with Crippen molar-refractivity contribution in [2.75, 3.05) is 5.73 Å². The molecule has 3 aromatic heterocycles. The highest BCUT2D eigenvalue weighted by molar-refractivity contribution is 5.95. The average Bonchev–Trinajstić information content (AvgIpc) is 3.17. The van der Waals surface area contributed by atoms with Crippen molar-refractivity contribution in [3.63, 3.8) is 0 Å². The Balaban J connectivity index is 1.54. The molecule has 12 nitrogen and oxygen atoms in total. The number of rotatable bonds is 11. The van der Waals surface area contributed by atoms with E-state index >= 15 is 0 Å². The Morgan fingerprint density at radius 3 is 2.58 bits per heavy atom. The van der Waals surface area contributed by atoms with Crippen LogP contribution in [0.2, 0.25) is 0 Å². The predicted octanol–water partition coefficient (Wildman–Crippen LogP) is 0.842. The van der Waals surface area contributed by atoms with Crippen molar-refractivity contribution in [3.05, 3.63) is 51.7 Å². The number of amides is 1. The van der Waals surface area contributed by atoms with Crippen LogP contribution in [0.1, 0.15) is 47.6 Å². The standard InChI is InChI=1S/C21H24N6O6/c22-21-26-17-13(18(30)27-21)10-12(24-17)5-2-1-4-11-6-3-7-14(23-11)19(31)25-15(20(32)33)8-9-16(28)29/h3,6-7,10,15H,1-2,4-5,8-9H2,(H,25,31)(H,28,29)(H,32,33)(H4,22,24,26,27,30). The van der Waals surface area contributed by atoms with Crippen LogP contribution in [0.25, 0.3) is 11.0 Å². The first-order valence-corrected chi connectivity index (χ1v) is 10.3. The number of unbranched alkanes of at least 4 members (excludes halogenated alkanes) is 1. The van der Waals surface area contributed by atoms with Gasteiger partial charge in [-0.1, -0.05) is 6.07 Å². The molecule has 0 aliphatic carbocycles. The molecule has 1 unspecified atom stereocenters. The van der Waals surface area contributed by atoms with E-state index in [9.17, 15) is 24.3 Å². The molecule has 174 valence electrons. The molecule has 0 aromatic carbocycles. The van der Waals surface area contributed by atoms with Gasteiger partial charge in [0.1, 0.15) is 17.4 Å². The molecule has 3 aromatic rings. The number of carboxylic acids is 2. The summed E-state index contributed by atoms with van der Waals surface area (Å²) in [5.74, 6) is -3.08. The fourth-order valence-corrected chi connectivity index (χ4v) is 3.35. The number of aromatic amines is 2. The summed E-state index contributed by atoms with van der Waals surface area (Å²) < 4.78 is 0. The van der Waals surface area contributed by atoms with Gasteiger partial charge in [0.2, 0.25) is 5.95 Å². The van der Waals surface area contributed by atoms with E-state index in [4.69, 9.17) is 10.8 Å². The highest BCUT2D eigenvalue weighted by atomic mass is 16.4. The molecule has 3 rings (SSSR count). The maximum atomic E-state index is 12.4. The van der Waals surface area contributed by atoms with Crippen LogP contribution in [-0.2, 0) is 22.4 Å². The Hall–Kier alpha value is -4.22. The monoisotopic (exact) mass is 456 g/mol. The first-order valence-electron chi connectivity index (χ1n) is 10.3. The summed E-state index contributed by atoms with van der Waals surface area (Å²) in [6, 6.07) is 5.32. The van der Waals surface area contributed by atoms with Crippen LogP contribution in [-0.4, -0.2) is 54.0 Å². The minimum atomic E-state index is -1.31. The van der Waals surface area contributed by atoms with Gasteiger partial charge in [-0.25, -0.2) is 9.78 Å². The van der Waals surface area contributed by atoms with Gasteiger partial charge in [0.15, 0.2) is 0 Å². The van der Waals surface area contributed by atoms with Gasteiger partial charge in [-0.2, -0.15) is 4.98 Å². The molecule has 0 bridgehead atoms. The molecule has 7 N–H and O–H groups in total. The third kappa shape index (κ3) is 6.38. The second-order valence-corrected chi connectivity index (χ2v) is 7.53. The summed E-state index contributed by atoms with van der Waals surface area (Å²) in [4.78, 5) is 60.1. The van der Waals surface area contributed by atoms with Crippen molar-refractivity contribution in [1.82, 2.24) is 25.3 Å². The van der Waals surface area contributed by atoms with Crippen molar-refractivity contribution >= 4 is 34.8 Å². The molecule has 0 aliphatic heterocycles. The molecule has 0 radical (unpaired) electrons. The number of carbonyl (C=O) groups is 3. The minimum absolute atomic E-state index is 0.0486. The van der Waals surface area contributed by atoms with E-state index in [1.165, 1.54) is 6.07 Å². The van der Waals surface area contributed by atoms with Crippen molar-refractivity contribution in [2.24, 2.45) is 0 Å². The summed E-state index contributed by atoms with van der Waals surface area (Å²) in [7, 11) is 0. The summed E-state index contributed by atoms with van der Waals surface area (Å²) in [6.07, 6.45) is 2.22. The average molecular weight is 456 g/mol. The number of fused-ring (bicyclic) bond motifs is 1. The summed E-state index contributed by atoms with van der Waals surface area (Å²) in [6.45, 7) is 0. The summed E-state index contributed by atoms with van der Waals surface area (Å²) >= 11 is 0. The Labute approximate surface area is 187 Å². The number of hydrogen-bond acceptors (Lipinski definition) is 7. The zero-order valence-electron chi connectivity index (χ0n) is 17.6. The van der Waals surface area contributed by atoms with Crippen LogP contribution in [0, 0.1) is 0 Å². The van der Waals surface area contributed by atoms with Gasteiger partial charge in [0, 0.05) is 17.8 Å². The van der Waals surface area contributed by atoms with E-state index in [2.05, 4.69) is 25.3 Å². The lowest BCUT2D eigenvalue weighted by Gasteiger charge is -2.13. The largest absolute Gasteiger partial charge is 0.481 e. The van der Waals surface area contributed by atoms with Gasteiger partial charge < -0.3 is 26.2 Å². The number of hydrogen-bond donors (Lipinski definition) is 6. The third-order valence-electron chi connectivity index (χ3n) is 4.99. The molecule has 0 fully saturated rings. The lowest BCUT2D eigenvalue weighted by molar-refractivity contribution is -0.140. The second kappa shape index (κ2) is 10.4. The summed E-state index contributed by atoms with van der Waals surface area (Å²) in [5.41, 5.74) is 7.28. The molecular formula is C21H24N6O6. The Morgan fingerprint density at radius 2 is 1.85 bits per heavy atom. The number of aryl methyl sites for hydroxylation is 2. The molecule has 0 saturated carbocycles. The SMILES string of the molecule is Nc1nc2[nH]c(CCCCc3cccc(C(=O)NC(CCC(=O)O)C(=O)O)n3)cc2c(=O)[nH]1. The summed E-state index contributed by atoms with van der Waals surface area (Å²) in [5, 5.41) is 20.7. The number of nitrogen functional groups attached to an aromatic ring is 1. The third-order valence-corrected chi connectivity index (χ3v) is 4.99. The van der Waals surface area contributed by atoms with Crippen LogP contribution < -0.4 is 16.6 Å². The van der Waals surface area contributed by atoms with Crippen LogP contribution >= 0.6 is 0 Å². The molecule has 33 heavy (non-hydrogen) atoms. The molecular weight excluding hydrogens is 432 g/mol. The molecule has 3 heterocycles. The number of H-pyrrole nitrogens is 2. The molecule has 1 atom stereocenters. The second-order valence-electron chi connectivity index (χ2n) is 7.53. The lowest BCUT2D eigenvalue weighted by Crippen LogP contribution is -2.41. The zero-order chi connectivity index (χ0) is 24.0. The van der Waals surface area contributed by atoms with Crippen molar-refractivity contribution in [3.8, 4) is 0 Å². The van der Waals surface area contributed by atoms with Crippen molar-refractivity contribution in [2.45, 2.75) is 44.6 Å². The maximum absolute atomic E-state index is 12.4.